The molecule has 2 aromatic carbocycles. The maximum absolute atomic E-state index is 12.9. The third kappa shape index (κ3) is 3.82. The average molecular weight is 285 g/mol. The molecular formula is C18H20FNO. The van der Waals surface area contributed by atoms with Crippen LogP contribution in [0.4, 0.5) is 4.39 Å². The van der Waals surface area contributed by atoms with Crippen LogP contribution in [0.1, 0.15) is 24.3 Å². The van der Waals surface area contributed by atoms with Gasteiger partial charge in [-0.15, -0.1) is 0 Å². The zero-order valence-electron chi connectivity index (χ0n) is 12.0. The summed E-state index contributed by atoms with van der Waals surface area (Å²) in [7, 11) is 0. The van der Waals surface area contributed by atoms with Gasteiger partial charge in [-0.1, -0.05) is 30.3 Å². The minimum atomic E-state index is -0.161. The van der Waals surface area contributed by atoms with Gasteiger partial charge in [-0.2, -0.15) is 0 Å². The van der Waals surface area contributed by atoms with E-state index in [1.165, 1.54) is 5.56 Å². The van der Waals surface area contributed by atoms with Crippen LogP contribution in [0, 0.1) is 5.82 Å². The van der Waals surface area contributed by atoms with Gasteiger partial charge in [-0.3, -0.25) is 0 Å². The van der Waals surface area contributed by atoms with Crippen molar-refractivity contribution in [3.8, 4) is 5.75 Å². The van der Waals surface area contributed by atoms with Gasteiger partial charge in [-0.25, -0.2) is 4.39 Å². The molecule has 21 heavy (non-hydrogen) atoms. The fourth-order valence-corrected chi connectivity index (χ4v) is 2.74. The van der Waals surface area contributed by atoms with Crippen molar-refractivity contribution in [2.24, 2.45) is 0 Å². The van der Waals surface area contributed by atoms with Crippen molar-refractivity contribution in [2.75, 3.05) is 13.2 Å². The summed E-state index contributed by atoms with van der Waals surface area (Å²) in [5.41, 5.74) is 1.25. The van der Waals surface area contributed by atoms with E-state index in [-0.39, 0.29) is 5.82 Å². The Morgan fingerprint density at radius 3 is 2.43 bits per heavy atom. The van der Waals surface area contributed by atoms with E-state index in [0.29, 0.717) is 18.6 Å². The van der Waals surface area contributed by atoms with Crippen molar-refractivity contribution in [1.82, 2.24) is 5.32 Å². The van der Waals surface area contributed by atoms with Crippen LogP contribution < -0.4 is 10.1 Å². The van der Waals surface area contributed by atoms with E-state index in [2.05, 4.69) is 5.32 Å². The Bertz CT molecular complexity index is 549. The lowest BCUT2D eigenvalue weighted by molar-refractivity contribution is 0.255. The summed E-state index contributed by atoms with van der Waals surface area (Å²) in [5.74, 6) is 1.32. The molecule has 0 aromatic heterocycles. The minimum absolute atomic E-state index is 0.161. The monoisotopic (exact) mass is 285 g/mol. The van der Waals surface area contributed by atoms with E-state index >= 15 is 0 Å². The molecule has 1 aliphatic rings. The highest BCUT2D eigenvalue weighted by atomic mass is 19.1. The van der Waals surface area contributed by atoms with E-state index < -0.39 is 0 Å². The second-order valence-electron chi connectivity index (χ2n) is 5.53. The normalized spacial score (nSPS) is 20.8. The quantitative estimate of drug-likeness (QED) is 0.816. The second kappa shape index (κ2) is 6.72. The molecule has 2 nitrogen and oxygen atoms in total. The molecule has 1 aliphatic carbocycles. The van der Waals surface area contributed by atoms with Crippen molar-refractivity contribution in [3.05, 3.63) is 66.0 Å². The molecule has 0 heterocycles. The first-order valence-electron chi connectivity index (χ1n) is 7.48. The molecule has 110 valence electrons. The standard InChI is InChI=1S/C18H20FNO/c19-16-8-6-14(7-9-16)15-12-17(13-15)20-10-11-21-18-4-2-1-3-5-18/h1-9,15,17,20H,10-13H2. The van der Waals surface area contributed by atoms with Gasteiger partial charge >= 0.3 is 0 Å². The zero-order valence-corrected chi connectivity index (χ0v) is 12.0. The van der Waals surface area contributed by atoms with Gasteiger partial charge in [0.15, 0.2) is 0 Å². The highest BCUT2D eigenvalue weighted by Gasteiger charge is 2.29. The lowest BCUT2D eigenvalue weighted by Crippen LogP contribution is -2.41. The van der Waals surface area contributed by atoms with Gasteiger partial charge < -0.3 is 10.1 Å². The predicted molar refractivity (Wildman–Crippen MR) is 82.1 cm³/mol. The lowest BCUT2D eigenvalue weighted by Gasteiger charge is -2.36. The van der Waals surface area contributed by atoms with Crippen LogP contribution >= 0.6 is 0 Å². The van der Waals surface area contributed by atoms with Crippen LogP contribution in [0.15, 0.2) is 54.6 Å². The third-order valence-electron chi connectivity index (χ3n) is 4.03. The van der Waals surface area contributed by atoms with Crippen LogP contribution in [0.5, 0.6) is 5.75 Å². The Balaban J connectivity index is 1.33. The number of nitrogens with one attached hydrogen (secondary N) is 1. The predicted octanol–water partition coefficient (Wildman–Crippen LogP) is 3.74. The number of rotatable bonds is 6. The Morgan fingerprint density at radius 1 is 1.00 bits per heavy atom. The number of hydrogen-bond acceptors (Lipinski definition) is 2. The molecular weight excluding hydrogens is 265 g/mol. The fourth-order valence-electron chi connectivity index (χ4n) is 2.74. The molecule has 3 heteroatoms. The Labute approximate surface area is 125 Å². The molecule has 0 amide bonds. The van der Waals surface area contributed by atoms with Gasteiger partial charge in [0, 0.05) is 12.6 Å². The first kappa shape index (κ1) is 14.1. The van der Waals surface area contributed by atoms with Gasteiger partial charge in [0.1, 0.15) is 18.2 Å². The number of benzene rings is 2. The van der Waals surface area contributed by atoms with E-state index in [0.717, 1.165) is 25.1 Å². The number of hydrogen-bond donors (Lipinski definition) is 1. The largest absolute Gasteiger partial charge is 0.492 e. The second-order valence-corrected chi connectivity index (χ2v) is 5.53. The van der Waals surface area contributed by atoms with Crippen molar-refractivity contribution in [1.29, 1.82) is 0 Å². The average Bonchev–Trinajstić information content (AvgIpc) is 2.48. The molecule has 0 radical (unpaired) electrons. The van der Waals surface area contributed by atoms with Crippen LogP contribution in [-0.4, -0.2) is 19.2 Å². The minimum Gasteiger partial charge on any atom is -0.492 e. The molecule has 1 saturated carbocycles. The van der Waals surface area contributed by atoms with E-state index in [1.807, 2.05) is 42.5 Å². The van der Waals surface area contributed by atoms with E-state index in [1.54, 1.807) is 12.1 Å². The SMILES string of the molecule is Fc1ccc(C2CC(NCCOc3ccccc3)C2)cc1. The van der Waals surface area contributed by atoms with E-state index in [4.69, 9.17) is 4.74 Å². The highest BCUT2D eigenvalue weighted by Crippen LogP contribution is 2.36. The molecule has 0 aliphatic heterocycles. The first-order chi connectivity index (χ1) is 10.3. The maximum Gasteiger partial charge on any atom is 0.123 e. The van der Waals surface area contributed by atoms with Crippen molar-refractivity contribution < 1.29 is 9.13 Å². The van der Waals surface area contributed by atoms with Gasteiger partial charge in [-0.05, 0) is 48.6 Å². The Kier molecular flexibility index (Phi) is 4.51. The summed E-state index contributed by atoms with van der Waals surface area (Å²) in [6.45, 7) is 1.54. The number of para-hydroxylation sites is 1. The maximum atomic E-state index is 12.9. The Morgan fingerprint density at radius 2 is 1.71 bits per heavy atom. The molecule has 3 rings (SSSR count). The molecule has 1 N–H and O–H groups in total. The number of ether oxygens (including phenoxy) is 1. The van der Waals surface area contributed by atoms with Gasteiger partial charge in [0.25, 0.3) is 0 Å². The third-order valence-corrected chi connectivity index (χ3v) is 4.03. The highest BCUT2D eigenvalue weighted by molar-refractivity contribution is 5.23. The molecule has 0 atom stereocenters. The molecule has 0 unspecified atom stereocenters. The number of halogens is 1. The molecule has 0 bridgehead atoms. The smallest absolute Gasteiger partial charge is 0.123 e. The summed E-state index contributed by atoms with van der Waals surface area (Å²) in [6.07, 6.45) is 2.24. The Hall–Kier alpha value is -1.87. The summed E-state index contributed by atoms with van der Waals surface area (Å²) >= 11 is 0. The molecule has 1 fully saturated rings. The summed E-state index contributed by atoms with van der Waals surface area (Å²) in [6, 6.07) is 17.3. The molecule has 0 spiro atoms. The van der Waals surface area contributed by atoms with Crippen LogP contribution in [0.2, 0.25) is 0 Å². The topological polar surface area (TPSA) is 21.3 Å². The van der Waals surface area contributed by atoms with Crippen molar-refractivity contribution in [3.63, 3.8) is 0 Å². The molecule has 0 saturated heterocycles. The zero-order chi connectivity index (χ0) is 14.5. The summed E-state index contributed by atoms with van der Waals surface area (Å²) in [5, 5.41) is 3.50. The first-order valence-corrected chi connectivity index (χ1v) is 7.48. The van der Waals surface area contributed by atoms with Gasteiger partial charge in [0.2, 0.25) is 0 Å². The van der Waals surface area contributed by atoms with Crippen LogP contribution in [0.3, 0.4) is 0 Å². The van der Waals surface area contributed by atoms with Crippen molar-refractivity contribution in [2.45, 2.75) is 24.8 Å². The van der Waals surface area contributed by atoms with Crippen molar-refractivity contribution >= 4 is 0 Å². The van der Waals surface area contributed by atoms with E-state index in [9.17, 15) is 4.39 Å². The summed E-state index contributed by atoms with van der Waals surface area (Å²) in [4.78, 5) is 0. The summed E-state index contributed by atoms with van der Waals surface area (Å²) < 4.78 is 18.5. The van der Waals surface area contributed by atoms with Crippen LogP contribution in [0.25, 0.3) is 0 Å². The lowest BCUT2D eigenvalue weighted by atomic mass is 9.76. The fraction of sp³-hybridized carbons (Fsp3) is 0.333. The van der Waals surface area contributed by atoms with Gasteiger partial charge in [0.05, 0.1) is 0 Å². The van der Waals surface area contributed by atoms with Crippen LogP contribution in [-0.2, 0) is 0 Å². The molecule has 2 aromatic rings.